The maximum absolute atomic E-state index is 10.6. The molecule has 2 heterocycles. The topological polar surface area (TPSA) is 102 Å². The predicted octanol–water partition coefficient (Wildman–Crippen LogP) is 2.54. The summed E-state index contributed by atoms with van der Waals surface area (Å²) in [5.74, 6) is -0.192. The zero-order valence-corrected chi connectivity index (χ0v) is 12.5. The number of nitrogen functional groups attached to an aromatic ring is 1. The highest BCUT2D eigenvalue weighted by molar-refractivity contribution is 9.10. The Kier molecular flexibility index (Phi) is 3.42. The number of nitrogens with two attached hydrogens (primary N) is 1. The molecule has 0 saturated heterocycles. The Morgan fingerprint density at radius 2 is 2.10 bits per heavy atom. The smallest absolute Gasteiger partial charge is 0.303 e. The number of aromatic nitrogens is 3. The van der Waals surface area contributed by atoms with Crippen LogP contribution in [0.4, 0.5) is 5.82 Å². The second kappa shape index (κ2) is 5.25. The third-order valence-corrected chi connectivity index (χ3v) is 3.74. The first kappa shape index (κ1) is 13.7. The fourth-order valence-electron chi connectivity index (χ4n) is 2.10. The summed E-state index contributed by atoms with van der Waals surface area (Å²) < 4.78 is 0.867. The van der Waals surface area contributed by atoms with Gasteiger partial charge >= 0.3 is 5.97 Å². The summed E-state index contributed by atoms with van der Waals surface area (Å²) in [5.41, 5.74) is 7.20. The number of carboxylic acids is 1. The number of nitrogens with zero attached hydrogens (tertiary/aromatic N) is 3. The molecule has 0 atom stereocenters. The van der Waals surface area contributed by atoms with Gasteiger partial charge in [0.2, 0.25) is 0 Å². The van der Waals surface area contributed by atoms with E-state index in [9.17, 15) is 4.79 Å². The normalized spacial score (nSPS) is 11.1. The lowest BCUT2D eigenvalue weighted by Gasteiger charge is -2.06. The zero-order valence-electron chi connectivity index (χ0n) is 10.9. The molecule has 0 aliphatic carbocycles. The van der Waals surface area contributed by atoms with E-state index in [0.717, 1.165) is 15.4 Å². The van der Waals surface area contributed by atoms with Crippen LogP contribution >= 0.6 is 15.9 Å². The van der Waals surface area contributed by atoms with Crippen molar-refractivity contribution in [2.24, 2.45) is 0 Å². The van der Waals surface area contributed by atoms with Crippen molar-refractivity contribution in [3.05, 3.63) is 34.6 Å². The number of halogens is 1. The van der Waals surface area contributed by atoms with E-state index in [4.69, 9.17) is 10.8 Å². The number of fused-ring (bicyclic) bond motifs is 2. The van der Waals surface area contributed by atoms with E-state index in [0.29, 0.717) is 22.7 Å². The second-order valence-electron chi connectivity index (χ2n) is 4.59. The van der Waals surface area contributed by atoms with Crippen molar-refractivity contribution >= 4 is 49.7 Å². The van der Waals surface area contributed by atoms with Gasteiger partial charge in [0.15, 0.2) is 5.65 Å². The standard InChI is InChI=1S/C14H11BrN4O2/c15-9-3-1-2-7-6-8-13(16)17-10(4-5-11(20)21)18-14(8)19-12(7)9/h1-3,6H,4-5H2,(H,20,21)(H2,16,17,18,19). The first-order valence-electron chi connectivity index (χ1n) is 6.28. The number of aliphatic carboxylic acids is 1. The van der Waals surface area contributed by atoms with E-state index in [1.54, 1.807) is 0 Å². The lowest BCUT2D eigenvalue weighted by molar-refractivity contribution is -0.137. The average Bonchev–Trinajstić information content (AvgIpc) is 2.44. The van der Waals surface area contributed by atoms with Crippen molar-refractivity contribution in [3.8, 4) is 0 Å². The molecule has 0 radical (unpaired) electrons. The predicted molar refractivity (Wildman–Crippen MR) is 82.9 cm³/mol. The zero-order chi connectivity index (χ0) is 15.0. The van der Waals surface area contributed by atoms with E-state index < -0.39 is 5.97 Å². The van der Waals surface area contributed by atoms with Gasteiger partial charge in [0.1, 0.15) is 11.6 Å². The summed E-state index contributed by atoms with van der Waals surface area (Å²) in [6.45, 7) is 0. The third-order valence-electron chi connectivity index (χ3n) is 3.10. The Hall–Kier alpha value is -2.28. The van der Waals surface area contributed by atoms with E-state index in [1.807, 2.05) is 24.3 Å². The highest BCUT2D eigenvalue weighted by Gasteiger charge is 2.10. The summed E-state index contributed by atoms with van der Waals surface area (Å²) in [6.07, 6.45) is 0.188. The number of hydrogen-bond donors (Lipinski definition) is 2. The molecule has 106 valence electrons. The molecule has 6 nitrogen and oxygen atoms in total. The van der Waals surface area contributed by atoms with E-state index in [1.165, 1.54) is 0 Å². The largest absolute Gasteiger partial charge is 0.481 e. The van der Waals surface area contributed by atoms with Gasteiger partial charge in [-0.2, -0.15) is 0 Å². The Bertz CT molecular complexity index is 866. The molecule has 0 fully saturated rings. The van der Waals surface area contributed by atoms with Gasteiger partial charge in [0.05, 0.1) is 17.3 Å². The first-order chi connectivity index (χ1) is 10.0. The van der Waals surface area contributed by atoms with Gasteiger partial charge in [0.25, 0.3) is 0 Å². The summed E-state index contributed by atoms with van der Waals surface area (Å²) >= 11 is 3.45. The van der Waals surface area contributed by atoms with Gasteiger partial charge in [-0.15, -0.1) is 0 Å². The van der Waals surface area contributed by atoms with Crippen molar-refractivity contribution in [1.29, 1.82) is 0 Å². The average molecular weight is 347 g/mol. The van der Waals surface area contributed by atoms with Gasteiger partial charge in [-0.3, -0.25) is 4.79 Å². The number of anilines is 1. The molecule has 7 heteroatoms. The first-order valence-corrected chi connectivity index (χ1v) is 7.07. The number of carbonyl (C=O) groups is 1. The number of carboxylic acid groups (broad SMARTS) is 1. The molecule has 0 bridgehead atoms. The molecule has 1 aromatic carbocycles. The van der Waals surface area contributed by atoms with E-state index in [-0.39, 0.29) is 12.8 Å². The van der Waals surface area contributed by atoms with Crippen molar-refractivity contribution in [2.75, 3.05) is 5.73 Å². The summed E-state index contributed by atoms with van der Waals surface area (Å²) in [7, 11) is 0. The Morgan fingerprint density at radius 3 is 2.86 bits per heavy atom. The second-order valence-corrected chi connectivity index (χ2v) is 5.44. The molecule has 2 aromatic heterocycles. The van der Waals surface area contributed by atoms with Crippen LogP contribution in [0.25, 0.3) is 21.9 Å². The SMILES string of the molecule is Nc1nc(CCC(=O)O)nc2nc3c(Br)cccc3cc12. The minimum Gasteiger partial charge on any atom is -0.481 e. The van der Waals surface area contributed by atoms with Gasteiger partial charge < -0.3 is 10.8 Å². The lowest BCUT2D eigenvalue weighted by atomic mass is 10.2. The van der Waals surface area contributed by atoms with Crippen LogP contribution in [0.2, 0.25) is 0 Å². The van der Waals surface area contributed by atoms with E-state index >= 15 is 0 Å². The molecule has 0 aliphatic rings. The molecule has 3 N–H and O–H groups in total. The number of rotatable bonds is 3. The monoisotopic (exact) mass is 346 g/mol. The fraction of sp³-hybridized carbons (Fsp3) is 0.143. The number of para-hydroxylation sites is 1. The number of aryl methyl sites for hydroxylation is 1. The quantitative estimate of drug-likeness (QED) is 0.706. The minimum atomic E-state index is -0.897. The Balaban J connectivity index is 2.18. The number of hydrogen-bond acceptors (Lipinski definition) is 5. The summed E-state index contributed by atoms with van der Waals surface area (Å²) in [5, 5.41) is 10.3. The maximum Gasteiger partial charge on any atom is 0.303 e. The van der Waals surface area contributed by atoms with Crippen molar-refractivity contribution in [3.63, 3.8) is 0 Å². The minimum absolute atomic E-state index is 0.0395. The van der Waals surface area contributed by atoms with Crippen LogP contribution < -0.4 is 5.73 Å². The van der Waals surface area contributed by atoms with Gasteiger partial charge in [0, 0.05) is 16.3 Å². The van der Waals surface area contributed by atoms with Crippen LogP contribution in [0.3, 0.4) is 0 Å². The van der Waals surface area contributed by atoms with Crippen LogP contribution in [0.15, 0.2) is 28.7 Å². The summed E-state index contributed by atoms with van der Waals surface area (Å²) in [4.78, 5) is 23.6. The Labute approximate surface area is 128 Å². The Morgan fingerprint density at radius 1 is 1.29 bits per heavy atom. The molecule has 21 heavy (non-hydrogen) atoms. The molecule has 3 aromatic rings. The van der Waals surface area contributed by atoms with Crippen LogP contribution in [0.1, 0.15) is 12.2 Å². The molecule has 0 amide bonds. The molecule has 0 saturated carbocycles. The third kappa shape index (κ3) is 2.64. The molecule has 3 rings (SSSR count). The van der Waals surface area contributed by atoms with Crippen molar-refractivity contribution < 1.29 is 9.90 Å². The fourth-order valence-corrected chi connectivity index (χ4v) is 2.57. The van der Waals surface area contributed by atoms with Gasteiger partial charge in [-0.05, 0) is 28.1 Å². The molecular formula is C14H11BrN4O2. The van der Waals surface area contributed by atoms with Crippen LogP contribution in [-0.2, 0) is 11.2 Å². The van der Waals surface area contributed by atoms with Crippen LogP contribution in [0, 0.1) is 0 Å². The van der Waals surface area contributed by atoms with E-state index in [2.05, 4.69) is 30.9 Å². The highest BCUT2D eigenvalue weighted by Crippen LogP contribution is 2.27. The van der Waals surface area contributed by atoms with Crippen LogP contribution in [-0.4, -0.2) is 26.0 Å². The maximum atomic E-state index is 10.6. The van der Waals surface area contributed by atoms with Gasteiger partial charge in [-0.1, -0.05) is 12.1 Å². The number of pyridine rings is 1. The van der Waals surface area contributed by atoms with Gasteiger partial charge in [-0.25, -0.2) is 15.0 Å². The summed E-state index contributed by atoms with van der Waals surface area (Å²) in [6, 6.07) is 7.64. The molecule has 0 spiro atoms. The van der Waals surface area contributed by atoms with Crippen molar-refractivity contribution in [2.45, 2.75) is 12.8 Å². The molecular weight excluding hydrogens is 336 g/mol. The number of benzene rings is 1. The molecule has 0 unspecified atom stereocenters. The molecule has 0 aliphatic heterocycles. The highest BCUT2D eigenvalue weighted by atomic mass is 79.9. The lowest BCUT2D eigenvalue weighted by Crippen LogP contribution is -2.05. The van der Waals surface area contributed by atoms with Crippen molar-refractivity contribution in [1.82, 2.24) is 15.0 Å². The van der Waals surface area contributed by atoms with Crippen LogP contribution in [0.5, 0.6) is 0 Å².